The van der Waals surface area contributed by atoms with E-state index in [1.807, 2.05) is 0 Å². The Hall–Kier alpha value is -1.84. The molecule has 0 bridgehead atoms. The Morgan fingerprint density at radius 2 is 2.42 bits per heavy atom. The van der Waals surface area contributed by atoms with E-state index < -0.39 is 0 Å². The van der Waals surface area contributed by atoms with Crippen LogP contribution in [0.15, 0.2) is 30.7 Å². The van der Waals surface area contributed by atoms with Crippen molar-refractivity contribution >= 4 is 11.7 Å². The van der Waals surface area contributed by atoms with Crippen LogP contribution < -0.4 is 10.1 Å². The van der Waals surface area contributed by atoms with Gasteiger partial charge in [0, 0.05) is 12.3 Å². The molecule has 2 heterocycles. The number of hydrogen-bond donors (Lipinski definition) is 1. The third kappa shape index (κ3) is 1.14. The van der Waals surface area contributed by atoms with Crippen LogP contribution >= 0.6 is 0 Å². The summed E-state index contributed by atoms with van der Waals surface area (Å²) >= 11 is 0. The first-order chi connectivity index (χ1) is 5.86. The van der Waals surface area contributed by atoms with Crippen molar-refractivity contribution in [3.63, 3.8) is 0 Å². The van der Waals surface area contributed by atoms with Gasteiger partial charge in [-0.3, -0.25) is 4.79 Å². The monoisotopic (exact) mass is 162 g/mol. The third-order valence-corrected chi connectivity index (χ3v) is 1.43. The van der Waals surface area contributed by atoms with Crippen LogP contribution in [0, 0.1) is 0 Å². The molecule has 0 fully saturated rings. The minimum absolute atomic E-state index is 0.229. The summed E-state index contributed by atoms with van der Waals surface area (Å²) in [6.07, 6.45) is 4.23. The molecule has 4 nitrogen and oxygen atoms in total. The van der Waals surface area contributed by atoms with Gasteiger partial charge in [0.2, 0.25) is 0 Å². The molecule has 2 rings (SSSR count). The molecule has 1 aromatic heterocycles. The maximum absolute atomic E-state index is 10.9. The number of carbonyl (C=O) groups is 1. The van der Waals surface area contributed by atoms with Crippen LogP contribution in [0.2, 0.25) is 0 Å². The normalized spacial score (nSPS) is 14.2. The number of nitrogens with zero attached hydrogens (tertiary/aromatic N) is 1. The van der Waals surface area contributed by atoms with Gasteiger partial charge in [-0.1, -0.05) is 0 Å². The number of nitrogens with one attached hydrogen (secondary N) is 1. The van der Waals surface area contributed by atoms with E-state index in [2.05, 4.69) is 10.3 Å². The topological polar surface area (TPSA) is 51.2 Å². The number of carbonyl (C=O) groups excluding carboxylic acids is 1. The maximum Gasteiger partial charge on any atom is 0.252 e. The molecule has 1 aliphatic heterocycles. The van der Waals surface area contributed by atoms with Crippen LogP contribution in [0.25, 0.3) is 0 Å². The fourth-order valence-corrected chi connectivity index (χ4v) is 0.907. The number of rotatable bonds is 0. The Morgan fingerprint density at radius 1 is 1.50 bits per heavy atom. The Morgan fingerprint density at radius 3 is 3.33 bits per heavy atom. The molecule has 0 unspecified atom stereocenters. The third-order valence-electron chi connectivity index (χ3n) is 1.43. The predicted molar refractivity (Wildman–Crippen MR) is 42.6 cm³/mol. The summed E-state index contributed by atoms with van der Waals surface area (Å²) in [5, 5.41) is 2.56. The molecule has 1 aliphatic rings. The second-order valence-electron chi connectivity index (χ2n) is 2.26. The van der Waals surface area contributed by atoms with Gasteiger partial charge in [0.25, 0.3) is 5.91 Å². The van der Waals surface area contributed by atoms with Crippen molar-refractivity contribution in [3.8, 4) is 5.75 Å². The molecule has 12 heavy (non-hydrogen) atoms. The van der Waals surface area contributed by atoms with Crippen molar-refractivity contribution in [2.24, 2.45) is 0 Å². The molecule has 4 heteroatoms. The van der Waals surface area contributed by atoms with Crippen molar-refractivity contribution in [2.45, 2.75) is 0 Å². The van der Waals surface area contributed by atoms with Gasteiger partial charge in [-0.15, -0.1) is 0 Å². The first-order valence-electron chi connectivity index (χ1n) is 3.45. The number of pyridine rings is 1. The molecule has 0 radical (unpaired) electrons. The number of anilines is 1. The first-order valence-corrected chi connectivity index (χ1v) is 3.45. The van der Waals surface area contributed by atoms with Crippen molar-refractivity contribution in [3.05, 3.63) is 30.7 Å². The summed E-state index contributed by atoms with van der Waals surface area (Å²) < 4.78 is 5.09. The molecular formula is C8H6N2O2. The van der Waals surface area contributed by atoms with Gasteiger partial charge >= 0.3 is 0 Å². The highest BCUT2D eigenvalue weighted by Crippen LogP contribution is 2.22. The number of ether oxygens (including phenoxy) is 1. The number of aromatic nitrogens is 1. The molecule has 0 atom stereocenters. The van der Waals surface area contributed by atoms with E-state index >= 15 is 0 Å². The molecule has 0 saturated carbocycles. The van der Waals surface area contributed by atoms with Gasteiger partial charge in [0.1, 0.15) is 0 Å². The Bertz CT molecular complexity index is 347. The molecule has 60 valence electrons. The van der Waals surface area contributed by atoms with Gasteiger partial charge in [0.05, 0.1) is 6.26 Å². The van der Waals surface area contributed by atoms with E-state index in [1.165, 1.54) is 12.3 Å². The van der Waals surface area contributed by atoms with Crippen LogP contribution in [0.1, 0.15) is 0 Å². The average molecular weight is 162 g/mol. The van der Waals surface area contributed by atoms with Gasteiger partial charge in [-0.2, -0.15) is 0 Å². The van der Waals surface area contributed by atoms with Gasteiger partial charge in [-0.25, -0.2) is 4.98 Å². The smallest absolute Gasteiger partial charge is 0.252 e. The van der Waals surface area contributed by atoms with Gasteiger partial charge in [-0.05, 0) is 12.1 Å². The minimum Gasteiger partial charge on any atom is -0.461 e. The Labute approximate surface area is 68.9 Å². The van der Waals surface area contributed by atoms with E-state index in [-0.39, 0.29) is 5.91 Å². The predicted octanol–water partition coefficient (Wildman–Crippen LogP) is 0.926. The summed E-state index contributed by atoms with van der Waals surface area (Å²) in [6, 6.07) is 3.47. The molecule has 1 amide bonds. The van der Waals surface area contributed by atoms with Gasteiger partial charge in [0.15, 0.2) is 11.6 Å². The highest BCUT2D eigenvalue weighted by molar-refractivity contribution is 5.99. The standard InChI is InChI=1S/C8H6N2O2/c11-7-3-5-12-6-2-1-4-9-8(6)10-7/h1-5H,(H,9,10,11). The van der Waals surface area contributed by atoms with Crippen LogP contribution in [-0.4, -0.2) is 10.9 Å². The molecule has 1 aromatic rings. The fraction of sp³-hybridized carbons (Fsp3) is 0. The summed E-state index contributed by atoms with van der Waals surface area (Å²) in [6.45, 7) is 0. The van der Waals surface area contributed by atoms with E-state index in [9.17, 15) is 4.79 Å². The Balaban J connectivity index is 2.44. The van der Waals surface area contributed by atoms with E-state index in [1.54, 1.807) is 18.3 Å². The molecule has 0 aromatic carbocycles. The SMILES string of the molecule is O=C1C=COc2cccnc2N1. The highest BCUT2D eigenvalue weighted by Gasteiger charge is 2.08. The molecule has 0 spiro atoms. The minimum atomic E-state index is -0.229. The fourth-order valence-electron chi connectivity index (χ4n) is 0.907. The largest absolute Gasteiger partial charge is 0.461 e. The van der Waals surface area contributed by atoms with Crippen LogP contribution in [0.3, 0.4) is 0 Å². The van der Waals surface area contributed by atoms with Crippen molar-refractivity contribution in [1.82, 2.24) is 4.98 Å². The summed E-state index contributed by atoms with van der Waals surface area (Å²) in [5.41, 5.74) is 0. The van der Waals surface area contributed by atoms with Crippen LogP contribution in [0.4, 0.5) is 5.82 Å². The summed E-state index contributed by atoms with van der Waals surface area (Å²) in [4.78, 5) is 14.9. The number of fused-ring (bicyclic) bond motifs is 1. The maximum atomic E-state index is 10.9. The van der Waals surface area contributed by atoms with E-state index in [4.69, 9.17) is 4.74 Å². The van der Waals surface area contributed by atoms with Gasteiger partial charge < -0.3 is 10.1 Å². The van der Waals surface area contributed by atoms with Crippen molar-refractivity contribution < 1.29 is 9.53 Å². The summed E-state index contributed by atoms with van der Waals surface area (Å²) in [7, 11) is 0. The van der Waals surface area contributed by atoms with Crippen LogP contribution in [-0.2, 0) is 4.79 Å². The lowest BCUT2D eigenvalue weighted by Gasteiger charge is -2.02. The second kappa shape index (κ2) is 2.65. The molecule has 1 N–H and O–H groups in total. The number of amides is 1. The highest BCUT2D eigenvalue weighted by atomic mass is 16.5. The van der Waals surface area contributed by atoms with E-state index in [0.29, 0.717) is 11.6 Å². The lowest BCUT2D eigenvalue weighted by Crippen LogP contribution is -2.07. The first kappa shape index (κ1) is 6.84. The molecular weight excluding hydrogens is 156 g/mol. The zero-order valence-electron chi connectivity index (χ0n) is 6.15. The second-order valence-corrected chi connectivity index (χ2v) is 2.26. The lowest BCUT2D eigenvalue weighted by atomic mass is 10.4. The quantitative estimate of drug-likeness (QED) is 0.617. The van der Waals surface area contributed by atoms with Crippen molar-refractivity contribution in [1.29, 1.82) is 0 Å². The van der Waals surface area contributed by atoms with Crippen molar-refractivity contribution in [2.75, 3.05) is 5.32 Å². The Kier molecular flexibility index (Phi) is 1.51. The van der Waals surface area contributed by atoms with E-state index in [0.717, 1.165) is 0 Å². The lowest BCUT2D eigenvalue weighted by molar-refractivity contribution is -0.111. The zero-order valence-corrected chi connectivity index (χ0v) is 6.15. The zero-order chi connectivity index (χ0) is 8.39. The number of hydrogen-bond acceptors (Lipinski definition) is 3. The summed E-state index contributed by atoms with van der Waals surface area (Å²) in [5.74, 6) is 0.777. The average Bonchev–Trinajstić information content (AvgIpc) is 2.25. The molecule has 0 saturated heterocycles. The molecule has 0 aliphatic carbocycles. The van der Waals surface area contributed by atoms with Crippen LogP contribution in [0.5, 0.6) is 5.75 Å².